The molecule has 1 aromatic carbocycles. The van der Waals surface area contributed by atoms with E-state index in [1.54, 1.807) is 23.4 Å². The molecule has 0 radical (unpaired) electrons. The summed E-state index contributed by atoms with van der Waals surface area (Å²) >= 11 is 3.36. The molecule has 11 atom stereocenters. The van der Waals surface area contributed by atoms with Gasteiger partial charge < -0.3 is 134 Å². The summed E-state index contributed by atoms with van der Waals surface area (Å²) in [5.74, 6) is -1.81. The predicted molar refractivity (Wildman–Crippen MR) is 474 cm³/mol. The van der Waals surface area contributed by atoms with Crippen LogP contribution in [0.3, 0.4) is 0 Å². The number of carbonyl (C=O) groups is 7. The number of anilines is 3. The number of amides is 6. The van der Waals surface area contributed by atoms with Crippen LogP contribution in [0, 0.1) is 12.3 Å². The van der Waals surface area contributed by atoms with Gasteiger partial charge in [-0.25, -0.2) is 24.9 Å². The van der Waals surface area contributed by atoms with E-state index in [9.17, 15) is 80.3 Å². The number of hydrogen-bond acceptors (Lipinski definition) is 36. The summed E-state index contributed by atoms with van der Waals surface area (Å²) in [5.41, 5.74) is 0.401. The smallest absolute Gasteiger partial charge is 0.388 e. The van der Waals surface area contributed by atoms with E-state index in [-0.39, 0.29) is 282 Å². The van der Waals surface area contributed by atoms with Gasteiger partial charge in [-0.15, -0.1) is 0 Å². The van der Waals surface area contributed by atoms with Crippen molar-refractivity contribution in [2.45, 2.75) is 151 Å². The number of aryl methyl sites for hydroxylation is 2. The van der Waals surface area contributed by atoms with Gasteiger partial charge >= 0.3 is 12.4 Å². The lowest BCUT2D eigenvalue weighted by molar-refractivity contribution is -0.161. The molecule has 1 aliphatic carbocycles. The third kappa shape index (κ3) is 36.9. The van der Waals surface area contributed by atoms with Crippen molar-refractivity contribution in [1.82, 2.24) is 70.8 Å². The van der Waals surface area contributed by atoms with E-state index in [0.717, 1.165) is 29.9 Å². The normalized spacial score (nSPS) is 20.4. The summed E-state index contributed by atoms with van der Waals surface area (Å²) in [6.45, 7) is 7.97. The number of carbonyl (C=O) groups excluding carboxylic acids is 7. The summed E-state index contributed by atoms with van der Waals surface area (Å²) in [6, 6.07) is 5.67. The Hall–Kier alpha value is -9.53. The molecule has 0 unspecified atom stereocenters. The maximum atomic E-state index is 14.2. The summed E-state index contributed by atoms with van der Waals surface area (Å²) in [7, 11) is 0. The maximum absolute atomic E-state index is 14.2. The van der Waals surface area contributed by atoms with Crippen molar-refractivity contribution in [3.63, 3.8) is 0 Å². The molecule has 5 aromatic heterocycles. The SMILES string of the molecule is CC(=O)c1nn(CC(=O)N2[C@H](C(=O)Nc3nc(Br)ccc3C)C[C@@]3(C)C[C@@H]23)c2ccc(-c3cnc(CCCCNC(=O)COCCOCCOCC(=O)NC(COCCC(=O)NCCOCCOCCOCCOC[C@H]4OC[C@H](Nc5cncc(C(F)(F)F)n5)[C@@H](O)[C@H]4O)COCCC(=O)NCCOCCOCCOCCOC[C@H]4OC[C@H](Nc5cncc(C(F)(F)F)n5)[C@@H](O)[C@H]4O)nc3)cc12. The Bertz CT molecular complexity index is 4630. The Morgan fingerprint density at radius 2 is 1.02 bits per heavy atom. The van der Waals surface area contributed by atoms with E-state index < -0.39 is 90.4 Å². The fourth-order valence-electron chi connectivity index (χ4n) is 14.6. The molecule has 1 saturated carbocycles. The molecule has 6 amide bonds. The van der Waals surface area contributed by atoms with Crippen molar-refractivity contribution >= 4 is 85.5 Å². The van der Waals surface area contributed by atoms with Crippen LogP contribution >= 0.6 is 15.9 Å². The zero-order chi connectivity index (χ0) is 98.1. The van der Waals surface area contributed by atoms with E-state index >= 15 is 0 Å². The van der Waals surface area contributed by atoms with Crippen LogP contribution in [0.15, 0.2) is 72.1 Å². The van der Waals surface area contributed by atoms with E-state index in [2.05, 4.69) is 100 Å². The fourth-order valence-corrected chi connectivity index (χ4v) is 14.9. The minimum absolute atomic E-state index is 0.0176. The van der Waals surface area contributed by atoms with Gasteiger partial charge in [0.25, 0.3) is 0 Å². The number of Topliss-reactive ketones (excluding diaryl/α,β-unsaturated/α-hetero) is 1. The Labute approximate surface area is 793 Å². The number of unbranched alkanes of at least 4 members (excludes halogenated alkanes) is 1. The second kappa shape index (κ2) is 56.7. The fraction of sp³-hybridized carbons (Fsp3) is 0.644. The highest BCUT2D eigenvalue weighted by molar-refractivity contribution is 9.10. The average Bonchev–Trinajstić information content (AvgIpc) is 1.54. The first-order chi connectivity index (χ1) is 65.9. The standard InChI is InChI=1S/C87H120BrF6N17O26/c1-54-7-10-69(88)107-83(54)108-84(122)63-37-85(3)38-68(85)111(63)77(117)45-110-62-9-8-56(36-59(62)78(109-110)55(2)112)57-39-100-70(101-40-57)6-4-5-13-97-75(115)52-134-34-30-129-31-35-135-53-76(116)102-58(46-130-16-11-73(113)98-14-18-123-20-22-125-24-26-127-28-32-132-50-64-81(120)79(118)60(48-136-64)103-71-43-95-41-66(105-71)86(89,90)91)47-131-17-12-74(114)99-15-19-124-21-23-126-25-27-128-29-33-133-51-65-82(121)80(119)61(49-137-65)104-72-44-96-42-67(106-72)87(92,93)94/h7-10,36,39-44,58,60-61,63-65,68,79-82,118-121H,4-6,11-35,37-38,45-53H2,1-3H3,(H,97,115)(H,98,113)(H,99,114)(H,102,116)(H,103,105)(H,104,106)(H,107,108,122)/t60-,61-,63-,64+,65+,68+,79+,80+,81-,82-,85-/m0/s1. The third-order valence-electron chi connectivity index (χ3n) is 22.0. The molecule has 8 heterocycles. The van der Waals surface area contributed by atoms with Crippen molar-refractivity contribution in [1.29, 1.82) is 0 Å². The first-order valence-electron chi connectivity index (χ1n) is 44.9. The highest BCUT2D eigenvalue weighted by atomic mass is 79.9. The van der Waals surface area contributed by atoms with Gasteiger partial charge in [0.1, 0.15) is 96.0 Å². The first-order valence-corrected chi connectivity index (χ1v) is 45.7. The van der Waals surface area contributed by atoms with Gasteiger partial charge in [0.05, 0.1) is 220 Å². The highest BCUT2D eigenvalue weighted by Crippen LogP contribution is 2.59. The van der Waals surface area contributed by atoms with Crippen LogP contribution in [0.5, 0.6) is 0 Å². The van der Waals surface area contributed by atoms with Gasteiger partial charge in [0, 0.05) is 75.2 Å². The van der Waals surface area contributed by atoms with E-state index in [1.807, 2.05) is 31.2 Å². The molecule has 6 aromatic rings. The molecule has 43 nitrogen and oxygen atoms in total. The quantitative estimate of drug-likeness (QED) is 0.0113. The van der Waals surface area contributed by atoms with Gasteiger partial charge in [-0.3, -0.25) is 48.2 Å². The number of nitrogens with zero attached hydrogens (tertiary/aromatic N) is 10. The number of ether oxygens (including phenoxy) is 15. The molecular weight excluding hydrogens is 1890 g/mol. The molecule has 758 valence electrons. The molecule has 0 bridgehead atoms. The summed E-state index contributed by atoms with van der Waals surface area (Å²) in [5, 5.41) is 66.7. The number of aliphatic hydroxyl groups is 4. The summed E-state index contributed by atoms with van der Waals surface area (Å²) < 4.78 is 164. The largest absolute Gasteiger partial charge is 0.434 e. The molecule has 10 rings (SSSR count). The average molecular weight is 2010 g/mol. The molecule has 4 aliphatic rings. The van der Waals surface area contributed by atoms with Crippen molar-refractivity contribution < 1.29 is 151 Å². The number of pyridine rings is 1. The molecule has 0 spiro atoms. The number of likely N-dealkylation sites (tertiary alicyclic amines) is 1. The molecular formula is C87H120BrF6N17O26. The van der Waals surface area contributed by atoms with Gasteiger partial charge in [-0.1, -0.05) is 19.1 Å². The Morgan fingerprint density at radius 3 is 1.53 bits per heavy atom. The number of rotatable bonds is 64. The van der Waals surface area contributed by atoms with Crippen LogP contribution in [-0.2, 0) is 125 Å². The molecule has 4 fully saturated rings. The third-order valence-corrected chi connectivity index (χ3v) is 22.4. The number of halogens is 7. The van der Waals surface area contributed by atoms with E-state index in [0.29, 0.717) is 77.3 Å². The maximum Gasteiger partial charge on any atom is 0.434 e. The Kier molecular flexibility index (Phi) is 45.3. The van der Waals surface area contributed by atoms with Crippen LogP contribution in [-0.4, -0.2) is 383 Å². The number of fused-ring (bicyclic) bond motifs is 2. The number of alkyl halides is 6. The number of aliphatic hydroxyl groups excluding tert-OH is 4. The first kappa shape index (κ1) is 109. The number of ketones is 1. The van der Waals surface area contributed by atoms with E-state index in [4.69, 9.17) is 71.1 Å². The molecule has 137 heavy (non-hydrogen) atoms. The number of benzene rings is 1. The minimum atomic E-state index is -4.72. The van der Waals surface area contributed by atoms with Crippen LogP contribution < -0.4 is 37.2 Å². The lowest BCUT2D eigenvalue weighted by atomic mass is 9.98. The molecule has 50 heteroatoms. The lowest BCUT2D eigenvalue weighted by Gasteiger charge is -2.38. The second-order valence-corrected chi connectivity index (χ2v) is 33.4. The van der Waals surface area contributed by atoms with Crippen molar-refractivity contribution in [2.24, 2.45) is 5.41 Å². The number of hydrogen-bond donors (Lipinski definition) is 11. The molecule has 11 N–H and O–H groups in total. The van der Waals surface area contributed by atoms with Crippen LogP contribution in [0.25, 0.3) is 22.0 Å². The predicted octanol–water partition coefficient (Wildman–Crippen LogP) is 2.15. The molecule has 3 saturated heterocycles. The number of nitrogens with one attached hydrogen (secondary N) is 7. The zero-order valence-electron chi connectivity index (χ0n) is 76.2. The van der Waals surface area contributed by atoms with Crippen LogP contribution in [0.4, 0.5) is 43.8 Å². The summed E-state index contributed by atoms with van der Waals surface area (Å²) in [6.07, 6.45) is -7.14. The zero-order valence-corrected chi connectivity index (χ0v) is 77.8. The van der Waals surface area contributed by atoms with Crippen molar-refractivity contribution in [3.8, 4) is 11.1 Å². The topological polar surface area (TPSA) is 534 Å². The van der Waals surface area contributed by atoms with Gasteiger partial charge in [0.2, 0.25) is 35.4 Å². The van der Waals surface area contributed by atoms with Gasteiger partial charge in [0.15, 0.2) is 17.2 Å². The Balaban J connectivity index is 0.541. The van der Waals surface area contributed by atoms with Crippen LogP contribution in [0.1, 0.15) is 85.6 Å². The molecule has 3 aliphatic heterocycles. The lowest BCUT2D eigenvalue weighted by Crippen LogP contribution is -2.57. The van der Waals surface area contributed by atoms with Crippen molar-refractivity contribution in [2.75, 3.05) is 221 Å². The minimum Gasteiger partial charge on any atom is -0.388 e. The highest BCUT2D eigenvalue weighted by Gasteiger charge is 2.64. The summed E-state index contributed by atoms with van der Waals surface area (Å²) in [4.78, 5) is 121. The second-order valence-electron chi connectivity index (χ2n) is 32.6. The van der Waals surface area contributed by atoms with E-state index in [1.165, 1.54) is 11.6 Å². The number of piperidine rings is 1. The van der Waals surface area contributed by atoms with Gasteiger partial charge in [-0.2, -0.15) is 31.4 Å². The van der Waals surface area contributed by atoms with Gasteiger partial charge in [-0.05, 0) is 83.3 Å². The Morgan fingerprint density at radius 1 is 0.540 bits per heavy atom. The number of aromatic nitrogens is 9. The monoisotopic (exact) mass is 2010 g/mol. The van der Waals surface area contributed by atoms with Crippen LogP contribution in [0.2, 0.25) is 0 Å². The van der Waals surface area contributed by atoms with Crippen molar-refractivity contribution in [3.05, 3.63) is 101 Å².